The largest absolute Gasteiger partial charge is 0.444 e. The lowest BCUT2D eigenvalue weighted by molar-refractivity contribution is 0.0264. The van der Waals surface area contributed by atoms with E-state index in [2.05, 4.69) is 27.7 Å². The van der Waals surface area contributed by atoms with Crippen LogP contribution in [0.25, 0.3) is 0 Å². The predicted molar refractivity (Wildman–Crippen MR) is 86.3 cm³/mol. The summed E-state index contributed by atoms with van der Waals surface area (Å²) in [5.41, 5.74) is 0.518. The first kappa shape index (κ1) is 18.1. The SMILES string of the molecule is CC(C)C(C)(C)O[B]C1=CCN(C(=O)OC(C)(C)C)CC1. The number of rotatable bonds is 4. The van der Waals surface area contributed by atoms with Crippen LogP contribution < -0.4 is 0 Å². The standard InChI is InChI=1S/C16H29BNO3/c1-12(2)16(6,7)21-17-13-8-10-18(11-9-13)14(19)20-15(3,4)5/h8,12H,9-11H2,1-7H3. The second-order valence-corrected chi connectivity index (χ2v) is 7.45. The summed E-state index contributed by atoms with van der Waals surface area (Å²) >= 11 is 0. The summed E-state index contributed by atoms with van der Waals surface area (Å²) in [6, 6.07) is 0. The van der Waals surface area contributed by atoms with Crippen molar-refractivity contribution in [3.8, 4) is 0 Å². The Morgan fingerprint density at radius 1 is 1.29 bits per heavy atom. The van der Waals surface area contributed by atoms with Crippen LogP contribution in [0.4, 0.5) is 4.79 Å². The molecule has 0 N–H and O–H groups in total. The Hall–Kier alpha value is -0.965. The maximum atomic E-state index is 12.0. The molecule has 5 heteroatoms. The van der Waals surface area contributed by atoms with E-state index in [1.54, 1.807) is 4.90 Å². The molecule has 0 fully saturated rings. The van der Waals surface area contributed by atoms with Gasteiger partial charge >= 0.3 is 13.6 Å². The molecule has 21 heavy (non-hydrogen) atoms. The van der Waals surface area contributed by atoms with Crippen LogP contribution >= 0.6 is 0 Å². The maximum Gasteiger partial charge on any atom is 0.410 e. The minimum atomic E-state index is -0.447. The minimum Gasteiger partial charge on any atom is -0.444 e. The van der Waals surface area contributed by atoms with Gasteiger partial charge in [-0.05, 0) is 47.0 Å². The highest BCUT2D eigenvalue weighted by Gasteiger charge is 2.26. The predicted octanol–water partition coefficient (Wildman–Crippen LogP) is 3.58. The number of hydrogen-bond acceptors (Lipinski definition) is 3. The lowest BCUT2D eigenvalue weighted by Gasteiger charge is -2.32. The van der Waals surface area contributed by atoms with Gasteiger partial charge in [0.1, 0.15) is 5.60 Å². The van der Waals surface area contributed by atoms with Gasteiger partial charge in [0, 0.05) is 18.7 Å². The zero-order valence-electron chi connectivity index (χ0n) is 14.5. The maximum absolute atomic E-state index is 12.0. The molecule has 0 saturated heterocycles. The molecule has 1 aliphatic heterocycles. The van der Waals surface area contributed by atoms with E-state index in [9.17, 15) is 4.79 Å². The highest BCUT2D eigenvalue weighted by atomic mass is 16.6. The van der Waals surface area contributed by atoms with E-state index in [-0.39, 0.29) is 11.7 Å². The lowest BCUT2D eigenvalue weighted by atomic mass is 9.80. The Bertz CT molecular complexity index is 397. The fraction of sp³-hybridized carbons (Fsp3) is 0.812. The van der Waals surface area contributed by atoms with Crippen molar-refractivity contribution in [2.45, 2.75) is 66.1 Å². The molecule has 0 bridgehead atoms. The molecule has 1 radical (unpaired) electrons. The van der Waals surface area contributed by atoms with Gasteiger partial charge in [-0.15, -0.1) is 0 Å². The minimum absolute atomic E-state index is 0.177. The van der Waals surface area contributed by atoms with Crippen molar-refractivity contribution in [3.63, 3.8) is 0 Å². The molecule has 0 unspecified atom stereocenters. The molecule has 1 rings (SSSR count). The molecule has 4 nitrogen and oxygen atoms in total. The van der Waals surface area contributed by atoms with Crippen molar-refractivity contribution in [1.82, 2.24) is 4.90 Å². The smallest absolute Gasteiger partial charge is 0.410 e. The van der Waals surface area contributed by atoms with Crippen molar-refractivity contribution in [2.24, 2.45) is 5.92 Å². The Labute approximate surface area is 130 Å². The summed E-state index contributed by atoms with van der Waals surface area (Å²) in [4.78, 5) is 13.7. The van der Waals surface area contributed by atoms with Gasteiger partial charge in [0.25, 0.3) is 0 Å². The van der Waals surface area contributed by atoms with E-state index in [0.29, 0.717) is 19.0 Å². The molecule has 0 saturated carbocycles. The number of hydrogen-bond donors (Lipinski definition) is 0. The van der Waals surface area contributed by atoms with E-state index >= 15 is 0 Å². The van der Waals surface area contributed by atoms with E-state index < -0.39 is 5.60 Å². The topological polar surface area (TPSA) is 38.8 Å². The van der Waals surface area contributed by atoms with Crippen LogP contribution in [0, 0.1) is 5.92 Å². The molecule has 0 aromatic heterocycles. The van der Waals surface area contributed by atoms with Gasteiger partial charge in [-0.2, -0.15) is 0 Å². The van der Waals surface area contributed by atoms with Gasteiger partial charge in [0.05, 0.1) is 0 Å². The van der Waals surface area contributed by atoms with Crippen molar-refractivity contribution >= 4 is 13.6 Å². The molecule has 119 valence electrons. The molecule has 0 aromatic rings. The highest BCUT2D eigenvalue weighted by molar-refractivity contribution is 6.38. The number of amides is 1. The quantitative estimate of drug-likeness (QED) is 0.744. The molecular weight excluding hydrogens is 265 g/mol. The van der Waals surface area contributed by atoms with Crippen molar-refractivity contribution in [2.75, 3.05) is 13.1 Å². The average molecular weight is 294 g/mol. The monoisotopic (exact) mass is 294 g/mol. The number of carbonyl (C=O) groups is 1. The van der Waals surface area contributed by atoms with E-state index in [0.717, 1.165) is 11.9 Å². The fourth-order valence-corrected chi connectivity index (χ4v) is 1.65. The lowest BCUT2D eigenvalue weighted by Crippen LogP contribution is -2.40. The summed E-state index contributed by atoms with van der Waals surface area (Å²) in [5, 5.41) is 0. The van der Waals surface area contributed by atoms with Crippen LogP contribution in [0.5, 0.6) is 0 Å². The molecule has 1 amide bonds. The number of carbonyl (C=O) groups excluding carboxylic acids is 1. The Kier molecular flexibility index (Phi) is 5.91. The van der Waals surface area contributed by atoms with Crippen LogP contribution in [-0.2, 0) is 9.39 Å². The van der Waals surface area contributed by atoms with Gasteiger partial charge in [-0.1, -0.05) is 25.4 Å². The van der Waals surface area contributed by atoms with Crippen LogP contribution in [0.1, 0.15) is 54.9 Å². The zero-order chi connectivity index (χ0) is 16.3. The molecule has 0 spiro atoms. The second-order valence-electron chi connectivity index (χ2n) is 7.45. The second kappa shape index (κ2) is 6.86. The van der Waals surface area contributed by atoms with Crippen LogP contribution in [-0.4, -0.2) is 42.8 Å². The van der Waals surface area contributed by atoms with Gasteiger partial charge in [0.15, 0.2) is 0 Å². The van der Waals surface area contributed by atoms with Gasteiger partial charge < -0.3 is 14.3 Å². The van der Waals surface area contributed by atoms with Crippen LogP contribution in [0.3, 0.4) is 0 Å². The van der Waals surface area contributed by atoms with E-state index in [1.165, 1.54) is 0 Å². The van der Waals surface area contributed by atoms with Gasteiger partial charge in [0.2, 0.25) is 0 Å². The third-order valence-electron chi connectivity index (χ3n) is 3.80. The summed E-state index contributed by atoms with van der Waals surface area (Å²) in [7, 11) is 1.84. The van der Waals surface area contributed by atoms with Crippen molar-refractivity contribution in [1.29, 1.82) is 0 Å². The van der Waals surface area contributed by atoms with Crippen LogP contribution in [0.15, 0.2) is 11.5 Å². The normalized spacial score (nSPS) is 16.8. The van der Waals surface area contributed by atoms with Gasteiger partial charge in [-0.25, -0.2) is 4.79 Å². The molecule has 0 aliphatic carbocycles. The zero-order valence-corrected chi connectivity index (χ0v) is 14.5. The van der Waals surface area contributed by atoms with Crippen molar-refractivity contribution < 1.29 is 14.2 Å². The van der Waals surface area contributed by atoms with E-state index in [4.69, 9.17) is 9.39 Å². The summed E-state index contributed by atoms with van der Waals surface area (Å²) in [5.74, 6) is 0.441. The Morgan fingerprint density at radius 2 is 1.90 bits per heavy atom. The van der Waals surface area contributed by atoms with E-state index in [1.807, 2.05) is 34.3 Å². The third kappa shape index (κ3) is 6.12. The summed E-state index contributed by atoms with van der Waals surface area (Å²) in [6.07, 6.45) is 2.58. The first-order valence-electron chi connectivity index (χ1n) is 7.69. The molecule has 0 atom stereocenters. The molecule has 1 aliphatic rings. The van der Waals surface area contributed by atoms with Crippen molar-refractivity contribution in [3.05, 3.63) is 11.5 Å². The Morgan fingerprint density at radius 3 is 2.33 bits per heavy atom. The number of nitrogens with zero attached hydrogens (tertiary/aromatic N) is 1. The molecular formula is C16H29BNO3. The fourth-order valence-electron chi connectivity index (χ4n) is 1.65. The first-order valence-corrected chi connectivity index (χ1v) is 7.69. The third-order valence-corrected chi connectivity index (χ3v) is 3.80. The summed E-state index contributed by atoms with van der Waals surface area (Å²) in [6.45, 7) is 15.4. The molecule has 1 heterocycles. The highest BCUT2D eigenvalue weighted by Crippen LogP contribution is 2.22. The summed E-state index contributed by atoms with van der Waals surface area (Å²) < 4.78 is 11.3. The first-order chi connectivity index (χ1) is 9.51. The van der Waals surface area contributed by atoms with Crippen LogP contribution in [0.2, 0.25) is 0 Å². The molecule has 0 aromatic carbocycles. The average Bonchev–Trinajstić information content (AvgIpc) is 2.35. The van der Waals surface area contributed by atoms with Gasteiger partial charge in [-0.3, -0.25) is 0 Å². The number of ether oxygens (including phenoxy) is 1. The Balaban J connectivity index is 2.46.